The fourth-order valence-electron chi connectivity index (χ4n) is 2.82. The fraction of sp³-hybridized carbons (Fsp3) is 0.0526. The first-order valence-electron chi connectivity index (χ1n) is 7.77. The van der Waals surface area contributed by atoms with Crippen LogP contribution in [0.4, 0.5) is 0 Å². The van der Waals surface area contributed by atoms with E-state index in [-0.39, 0.29) is 0 Å². The molecule has 124 valence electrons. The number of imidazole rings is 1. The van der Waals surface area contributed by atoms with Gasteiger partial charge < -0.3 is 20.0 Å². The first-order valence-corrected chi connectivity index (χ1v) is 7.77. The molecule has 0 aliphatic carbocycles. The van der Waals surface area contributed by atoms with Crippen molar-refractivity contribution in [2.45, 2.75) is 0 Å². The maximum Gasteiger partial charge on any atom is 0.250 e. The number of carbonyl (C=O) groups excluding carboxylic acids is 1. The summed E-state index contributed by atoms with van der Waals surface area (Å²) >= 11 is 0. The van der Waals surface area contributed by atoms with Gasteiger partial charge >= 0.3 is 0 Å². The number of aromatic nitrogens is 3. The number of carbonyl (C=O) groups is 1. The number of fused-ring (bicyclic) bond motifs is 1. The molecule has 0 aliphatic rings. The van der Waals surface area contributed by atoms with E-state index in [0.717, 1.165) is 22.5 Å². The van der Waals surface area contributed by atoms with Gasteiger partial charge in [-0.3, -0.25) is 4.79 Å². The average Bonchev–Trinajstić information content (AvgIpc) is 3.28. The van der Waals surface area contributed by atoms with Crippen LogP contribution in [0.3, 0.4) is 0 Å². The molecular weight excluding hydrogens is 316 g/mol. The Morgan fingerprint density at radius 1 is 1.16 bits per heavy atom. The Bertz CT molecular complexity index is 1060. The molecule has 4 aromatic rings. The van der Waals surface area contributed by atoms with Crippen LogP contribution in [-0.2, 0) is 0 Å². The van der Waals surface area contributed by atoms with E-state index >= 15 is 0 Å². The summed E-state index contributed by atoms with van der Waals surface area (Å²) in [5, 5.41) is 0. The van der Waals surface area contributed by atoms with Crippen molar-refractivity contribution in [3.8, 4) is 22.8 Å². The number of methoxy groups -OCH3 is 1. The Morgan fingerprint density at radius 2 is 1.96 bits per heavy atom. The predicted molar refractivity (Wildman–Crippen MR) is 95.9 cm³/mol. The number of H-pyrrole nitrogens is 1. The lowest BCUT2D eigenvalue weighted by Crippen LogP contribution is -2.11. The Hall–Kier alpha value is -3.54. The van der Waals surface area contributed by atoms with E-state index in [1.54, 1.807) is 19.2 Å². The van der Waals surface area contributed by atoms with Gasteiger partial charge in [0.25, 0.3) is 5.91 Å². The molecule has 6 nitrogen and oxygen atoms in total. The molecule has 0 atom stereocenters. The van der Waals surface area contributed by atoms with Crippen LogP contribution in [-0.4, -0.2) is 27.6 Å². The highest BCUT2D eigenvalue weighted by molar-refractivity contribution is 6.04. The zero-order chi connectivity index (χ0) is 17.4. The van der Waals surface area contributed by atoms with Crippen LogP contribution in [0.15, 0.2) is 60.9 Å². The summed E-state index contributed by atoms with van der Waals surface area (Å²) in [5.41, 5.74) is 9.14. The molecule has 3 N–H and O–H groups in total. The van der Waals surface area contributed by atoms with E-state index < -0.39 is 5.91 Å². The van der Waals surface area contributed by atoms with Gasteiger partial charge in [-0.05, 0) is 42.5 Å². The maximum absolute atomic E-state index is 11.6. The summed E-state index contributed by atoms with van der Waals surface area (Å²) < 4.78 is 7.18. The second-order valence-electron chi connectivity index (χ2n) is 5.66. The van der Waals surface area contributed by atoms with Gasteiger partial charge in [0.2, 0.25) is 0 Å². The van der Waals surface area contributed by atoms with Crippen molar-refractivity contribution in [3.63, 3.8) is 0 Å². The molecule has 1 amide bonds. The third-order valence-electron chi connectivity index (χ3n) is 4.12. The number of benzene rings is 2. The molecule has 0 unspecified atom stereocenters. The largest absolute Gasteiger partial charge is 0.497 e. The quantitative estimate of drug-likeness (QED) is 0.602. The van der Waals surface area contributed by atoms with E-state index in [2.05, 4.69) is 9.97 Å². The number of hydrogen-bond donors (Lipinski definition) is 2. The number of amides is 1. The number of nitrogens with two attached hydrogens (primary N) is 1. The van der Waals surface area contributed by atoms with Crippen LogP contribution in [0.1, 0.15) is 10.4 Å². The number of aromatic amines is 1. The van der Waals surface area contributed by atoms with E-state index in [4.69, 9.17) is 10.5 Å². The zero-order valence-electron chi connectivity index (χ0n) is 13.6. The molecule has 6 heteroatoms. The van der Waals surface area contributed by atoms with Crippen LogP contribution in [0.5, 0.6) is 5.75 Å². The molecule has 0 aliphatic heterocycles. The van der Waals surface area contributed by atoms with Gasteiger partial charge in [0.1, 0.15) is 17.1 Å². The summed E-state index contributed by atoms with van der Waals surface area (Å²) in [6.07, 6.45) is 3.93. The standard InChI is InChI=1S/C19H16N4O2/c1-25-14-7-5-13(6-8-14)23-10-9-12(11-23)19-21-16-4-2-3-15(18(20)24)17(16)22-19/h2-11H,1H3,(H2,20,24)(H,21,22). The van der Waals surface area contributed by atoms with Crippen LogP contribution < -0.4 is 10.5 Å². The molecule has 2 heterocycles. The number of ether oxygens (including phenoxy) is 1. The SMILES string of the molecule is COc1ccc(-n2ccc(-c3nc4c(C(N)=O)cccc4[nH]3)c2)cc1. The molecular formula is C19H16N4O2. The first-order chi connectivity index (χ1) is 12.2. The number of nitrogens with one attached hydrogen (secondary N) is 1. The molecule has 0 radical (unpaired) electrons. The number of para-hydroxylation sites is 1. The van der Waals surface area contributed by atoms with Gasteiger partial charge in [0, 0.05) is 23.6 Å². The van der Waals surface area contributed by atoms with Gasteiger partial charge in [-0.15, -0.1) is 0 Å². The molecule has 0 spiro atoms. The number of rotatable bonds is 4. The Balaban J connectivity index is 1.73. The zero-order valence-corrected chi connectivity index (χ0v) is 13.6. The highest BCUT2D eigenvalue weighted by Crippen LogP contribution is 2.24. The van der Waals surface area contributed by atoms with Gasteiger partial charge in [-0.1, -0.05) is 6.07 Å². The lowest BCUT2D eigenvalue weighted by Gasteiger charge is -2.04. The third-order valence-corrected chi connectivity index (χ3v) is 4.12. The van der Waals surface area contributed by atoms with Crippen molar-refractivity contribution in [1.82, 2.24) is 14.5 Å². The highest BCUT2D eigenvalue weighted by Gasteiger charge is 2.13. The minimum Gasteiger partial charge on any atom is -0.497 e. The van der Waals surface area contributed by atoms with Crippen LogP contribution in [0, 0.1) is 0 Å². The van der Waals surface area contributed by atoms with Crippen molar-refractivity contribution in [3.05, 3.63) is 66.5 Å². The summed E-state index contributed by atoms with van der Waals surface area (Å²) in [5.74, 6) is 1.02. The van der Waals surface area contributed by atoms with Crippen molar-refractivity contribution in [2.24, 2.45) is 5.73 Å². The van der Waals surface area contributed by atoms with Crippen LogP contribution >= 0.6 is 0 Å². The topological polar surface area (TPSA) is 85.9 Å². The van der Waals surface area contributed by atoms with Crippen molar-refractivity contribution >= 4 is 16.9 Å². The molecule has 2 aromatic heterocycles. The number of primary amides is 1. The van der Waals surface area contributed by atoms with E-state index in [9.17, 15) is 4.79 Å². The number of hydrogen-bond acceptors (Lipinski definition) is 3. The van der Waals surface area contributed by atoms with Crippen molar-refractivity contribution in [2.75, 3.05) is 7.11 Å². The van der Waals surface area contributed by atoms with Crippen molar-refractivity contribution in [1.29, 1.82) is 0 Å². The molecule has 0 fully saturated rings. The lowest BCUT2D eigenvalue weighted by atomic mass is 10.2. The normalized spacial score (nSPS) is 10.9. The predicted octanol–water partition coefficient (Wildman–Crippen LogP) is 3.13. The minimum atomic E-state index is -0.487. The van der Waals surface area contributed by atoms with Crippen LogP contribution in [0.25, 0.3) is 28.1 Å². The summed E-state index contributed by atoms with van der Waals surface area (Å²) in [6, 6.07) is 15.1. The Morgan fingerprint density at radius 3 is 2.68 bits per heavy atom. The summed E-state index contributed by atoms with van der Waals surface area (Å²) in [4.78, 5) is 19.3. The molecule has 0 saturated carbocycles. The van der Waals surface area contributed by atoms with E-state index in [1.165, 1.54) is 0 Å². The summed E-state index contributed by atoms with van der Waals surface area (Å²) in [7, 11) is 1.64. The molecule has 4 rings (SSSR count). The average molecular weight is 332 g/mol. The second-order valence-corrected chi connectivity index (χ2v) is 5.66. The Labute approximate surface area is 143 Å². The molecule has 0 saturated heterocycles. The van der Waals surface area contributed by atoms with Crippen LogP contribution in [0.2, 0.25) is 0 Å². The van der Waals surface area contributed by atoms with Gasteiger partial charge in [0.05, 0.1) is 18.2 Å². The Kier molecular flexibility index (Phi) is 3.50. The molecule has 2 aromatic carbocycles. The second kappa shape index (κ2) is 5.83. The van der Waals surface area contributed by atoms with Gasteiger partial charge in [0.15, 0.2) is 0 Å². The third kappa shape index (κ3) is 2.63. The molecule has 0 bridgehead atoms. The van der Waals surface area contributed by atoms with E-state index in [1.807, 2.05) is 53.4 Å². The monoisotopic (exact) mass is 332 g/mol. The van der Waals surface area contributed by atoms with Gasteiger partial charge in [-0.25, -0.2) is 4.98 Å². The summed E-state index contributed by atoms with van der Waals surface area (Å²) in [6.45, 7) is 0. The lowest BCUT2D eigenvalue weighted by molar-refractivity contribution is 0.100. The molecule has 25 heavy (non-hydrogen) atoms. The maximum atomic E-state index is 11.6. The first kappa shape index (κ1) is 15.0. The highest BCUT2D eigenvalue weighted by atomic mass is 16.5. The smallest absolute Gasteiger partial charge is 0.250 e. The van der Waals surface area contributed by atoms with Crippen molar-refractivity contribution < 1.29 is 9.53 Å². The fourth-order valence-corrected chi connectivity index (χ4v) is 2.82. The van der Waals surface area contributed by atoms with Gasteiger partial charge in [-0.2, -0.15) is 0 Å². The number of nitrogens with zero attached hydrogens (tertiary/aromatic N) is 2. The van der Waals surface area contributed by atoms with E-state index in [0.29, 0.717) is 16.9 Å². The minimum absolute atomic E-state index is 0.412.